The van der Waals surface area contributed by atoms with Crippen molar-refractivity contribution in [2.24, 2.45) is 0 Å². The number of hydrogen-bond acceptors (Lipinski definition) is 6. The molecular weight excluding hydrogens is 529 g/mol. The monoisotopic (exact) mass is 558 g/mol. The van der Waals surface area contributed by atoms with Crippen molar-refractivity contribution in [1.29, 1.82) is 0 Å². The fraction of sp³-hybridized carbons (Fsp3) is 0.393. The van der Waals surface area contributed by atoms with Gasteiger partial charge in [0.1, 0.15) is 10.7 Å². The van der Waals surface area contributed by atoms with E-state index in [4.69, 9.17) is 0 Å². The van der Waals surface area contributed by atoms with E-state index in [0.29, 0.717) is 43.3 Å². The van der Waals surface area contributed by atoms with Crippen molar-refractivity contribution in [3.05, 3.63) is 64.7 Å². The maximum absolute atomic E-state index is 13.2. The maximum atomic E-state index is 13.2. The van der Waals surface area contributed by atoms with Crippen molar-refractivity contribution < 1.29 is 27.9 Å². The number of carbonyl (C=O) groups is 2. The molecule has 0 radical (unpaired) electrons. The normalized spacial score (nSPS) is 20.8. The van der Waals surface area contributed by atoms with Crippen LogP contribution in [0.1, 0.15) is 41.1 Å². The van der Waals surface area contributed by atoms with Gasteiger partial charge >= 0.3 is 12.1 Å². The fourth-order valence-electron chi connectivity index (χ4n) is 5.36. The van der Waals surface area contributed by atoms with Crippen molar-refractivity contribution >= 4 is 44.7 Å². The molecule has 0 unspecified atom stereocenters. The molecule has 4 heterocycles. The zero-order valence-corrected chi connectivity index (χ0v) is 22.4. The van der Waals surface area contributed by atoms with Crippen molar-refractivity contribution in [3.8, 4) is 0 Å². The minimum absolute atomic E-state index is 0.0192. The van der Waals surface area contributed by atoms with E-state index in [1.54, 1.807) is 6.07 Å². The summed E-state index contributed by atoms with van der Waals surface area (Å²) in [6.07, 6.45) is -0.774. The molecule has 0 spiro atoms. The highest BCUT2D eigenvalue weighted by molar-refractivity contribution is 7.20. The van der Waals surface area contributed by atoms with Crippen LogP contribution >= 0.6 is 11.3 Å². The number of thiophene rings is 1. The summed E-state index contributed by atoms with van der Waals surface area (Å²) in [4.78, 5) is 34.8. The number of halogens is 3. The summed E-state index contributed by atoms with van der Waals surface area (Å²) in [5.74, 6) is -0.379. The van der Waals surface area contributed by atoms with E-state index in [1.807, 2.05) is 41.8 Å². The number of nitrogens with zero attached hydrogens (tertiary/aromatic N) is 4. The molecule has 0 saturated carbocycles. The van der Waals surface area contributed by atoms with E-state index >= 15 is 0 Å². The number of benzene rings is 1. The molecule has 3 aromatic rings. The molecule has 2 aliphatic heterocycles. The van der Waals surface area contributed by atoms with E-state index in [-0.39, 0.29) is 24.5 Å². The van der Waals surface area contributed by atoms with E-state index in [2.05, 4.69) is 16.0 Å². The van der Waals surface area contributed by atoms with E-state index in [9.17, 15) is 27.9 Å². The standard InChI is InChI=1S/C28H29F3N4O3S/c1-17-14-34(25-6-4-22(13-32-25)28(29,30)31)15-18(2)35(17)16-26(36)33-9-7-19(8-10-33)20-3-5-23-21(11-20)12-24(39-23)27(37)38/h3-7,11-13,17-18H,8-10,14-16H2,1-2H3,(H,37,38)/t17-,18+. The molecule has 1 saturated heterocycles. The second-order valence-electron chi connectivity index (χ2n) is 10.2. The third-order valence-electron chi connectivity index (χ3n) is 7.48. The highest BCUT2D eigenvalue weighted by Gasteiger charge is 2.34. The summed E-state index contributed by atoms with van der Waals surface area (Å²) in [7, 11) is 0. The lowest BCUT2D eigenvalue weighted by molar-refractivity contribution is -0.137. The first-order valence-electron chi connectivity index (χ1n) is 12.8. The van der Waals surface area contributed by atoms with Gasteiger partial charge in [-0.2, -0.15) is 13.2 Å². The lowest BCUT2D eigenvalue weighted by atomic mass is 9.98. The van der Waals surface area contributed by atoms with Crippen LogP contribution in [0.2, 0.25) is 0 Å². The van der Waals surface area contributed by atoms with Crippen LogP contribution in [0.15, 0.2) is 48.7 Å². The highest BCUT2D eigenvalue weighted by Crippen LogP contribution is 2.32. The van der Waals surface area contributed by atoms with Crippen LogP contribution < -0.4 is 4.90 Å². The molecule has 206 valence electrons. The second kappa shape index (κ2) is 10.6. The smallest absolute Gasteiger partial charge is 0.417 e. The zero-order valence-electron chi connectivity index (χ0n) is 21.6. The average Bonchev–Trinajstić information content (AvgIpc) is 3.34. The third-order valence-corrected chi connectivity index (χ3v) is 8.58. The lowest BCUT2D eigenvalue weighted by Gasteiger charge is -2.45. The average molecular weight is 559 g/mol. The Bertz CT molecular complexity index is 1410. The molecule has 1 N–H and O–H groups in total. The first kappa shape index (κ1) is 27.1. The number of fused-ring (bicyclic) bond motifs is 1. The number of carboxylic acids is 1. The molecule has 2 aliphatic rings. The van der Waals surface area contributed by atoms with Crippen LogP contribution in [0, 0.1) is 0 Å². The number of aromatic carboxylic acids is 1. The molecule has 0 aliphatic carbocycles. The van der Waals surface area contributed by atoms with Gasteiger partial charge in [-0.15, -0.1) is 11.3 Å². The summed E-state index contributed by atoms with van der Waals surface area (Å²) in [5, 5.41) is 10.2. The van der Waals surface area contributed by atoms with Gasteiger partial charge in [0.25, 0.3) is 0 Å². The molecule has 7 nitrogen and oxygen atoms in total. The molecule has 39 heavy (non-hydrogen) atoms. The number of rotatable bonds is 5. The molecule has 0 bridgehead atoms. The van der Waals surface area contributed by atoms with E-state index in [1.165, 1.54) is 17.4 Å². The Kier molecular flexibility index (Phi) is 7.39. The van der Waals surface area contributed by atoms with Crippen LogP contribution in [-0.2, 0) is 11.0 Å². The molecule has 5 rings (SSSR count). The maximum Gasteiger partial charge on any atom is 0.417 e. The van der Waals surface area contributed by atoms with Crippen molar-refractivity contribution in [2.45, 2.75) is 38.5 Å². The number of amides is 1. The van der Waals surface area contributed by atoms with Gasteiger partial charge in [0.15, 0.2) is 0 Å². The minimum Gasteiger partial charge on any atom is -0.477 e. The lowest BCUT2D eigenvalue weighted by Crippen LogP contribution is -2.59. The first-order chi connectivity index (χ1) is 18.5. The Labute approximate surface area is 228 Å². The van der Waals surface area contributed by atoms with Gasteiger partial charge < -0.3 is 14.9 Å². The molecule has 2 aromatic heterocycles. The van der Waals surface area contributed by atoms with Gasteiger partial charge in [-0.3, -0.25) is 9.69 Å². The highest BCUT2D eigenvalue weighted by atomic mass is 32.1. The van der Waals surface area contributed by atoms with Crippen molar-refractivity contribution in [1.82, 2.24) is 14.8 Å². The number of carboxylic acid groups (broad SMARTS) is 1. The minimum atomic E-state index is -4.42. The summed E-state index contributed by atoms with van der Waals surface area (Å²) < 4.78 is 39.6. The Hall–Kier alpha value is -3.44. The number of hydrogen-bond donors (Lipinski definition) is 1. The second-order valence-corrected chi connectivity index (χ2v) is 11.2. The van der Waals surface area contributed by atoms with Crippen LogP contribution in [0.5, 0.6) is 0 Å². The van der Waals surface area contributed by atoms with Gasteiger partial charge in [0.05, 0.1) is 12.1 Å². The van der Waals surface area contributed by atoms with Crippen LogP contribution in [-0.4, -0.2) is 76.6 Å². The SMILES string of the molecule is C[C@@H]1CN(c2ccc(C(F)(F)F)cn2)C[C@H](C)N1CC(=O)N1CC=C(c2ccc3sc(C(=O)O)cc3c2)CC1. The Balaban J connectivity index is 1.19. The predicted octanol–water partition coefficient (Wildman–Crippen LogP) is 5.23. The third kappa shape index (κ3) is 5.79. The summed E-state index contributed by atoms with van der Waals surface area (Å²) in [6.45, 7) is 6.55. The number of alkyl halides is 3. The number of aromatic nitrogens is 1. The van der Waals surface area contributed by atoms with Crippen molar-refractivity contribution in [2.75, 3.05) is 37.6 Å². The Morgan fingerprint density at radius 3 is 2.44 bits per heavy atom. The van der Waals surface area contributed by atoms with Crippen molar-refractivity contribution in [3.63, 3.8) is 0 Å². The number of anilines is 1. The fourth-order valence-corrected chi connectivity index (χ4v) is 6.24. The largest absolute Gasteiger partial charge is 0.477 e. The summed E-state index contributed by atoms with van der Waals surface area (Å²) >= 11 is 1.26. The zero-order chi connectivity index (χ0) is 27.9. The van der Waals surface area contributed by atoms with Gasteiger partial charge in [-0.1, -0.05) is 12.1 Å². The molecule has 1 aromatic carbocycles. The van der Waals surface area contributed by atoms with E-state index in [0.717, 1.165) is 33.5 Å². The number of piperazine rings is 1. The molecule has 1 amide bonds. The van der Waals surface area contributed by atoms with Gasteiger partial charge in [0, 0.05) is 49.2 Å². The Morgan fingerprint density at radius 2 is 1.85 bits per heavy atom. The molecule has 2 atom stereocenters. The molecular formula is C28H29F3N4O3S. The summed E-state index contributed by atoms with van der Waals surface area (Å²) in [6, 6.07) is 10.2. The predicted molar refractivity (Wildman–Crippen MR) is 145 cm³/mol. The number of pyridine rings is 1. The van der Waals surface area contributed by atoms with E-state index < -0.39 is 17.7 Å². The van der Waals surface area contributed by atoms with Crippen LogP contribution in [0.4, 0.5) is 19.0 Å². The van der Waals surface area contributed by atoms with Crippen LogP contribution in [0.3, 0.4) is 0 Å². The topological polar surface area (TPSA) is 77.0 Å². The molecule has 1 fully saturated rings. The first-order valence-corrected chi connectivity index (χ1v) is 13.6. The number of carbonyl (C=O) groups excluding carboxylic acids is 1. The van der Waals surface area contributed by atoms with Gasteiger partial charge in [0.2, 0.25) is 5.91 Å². The summed E-state index contributed by atoms with van der Waals surface area (Å²) in [5.41, 5.74) is 1.41. The van der Waals surface area contributed by atoms with Gasteiger partial charge in [-0.05, 0) is 67.1 Å². The molecule has 11 heteroatoms. The van der Waals surface area contributed by atoms with Gasteiger partial charge in [-0.25, -0.2) is 9.78 Å². The Morgan fingerprint density at radius 1 is 1.10 bits per heavy atom. The van der Waals surface area contributed by atoms with Crippen LogP contribution in [0.25, 0.3) is 15.7 Å². The quantitative estimate of drug-likeness (QED) is 0.462.